The Morgan fingerprint density at radius 2 is 2.04 bits per heavy atom. The van der Waals surface area contributed by atoms with Crippen LogP contribution in [0.4, 0.5) is 5.82 Å². The van der Waals surface area contributed by atoms with Crippen molar-refractivity contribution < 1.29 is 4.79 Å². The Labute approximate surface area is 152 Å². The highest BCUT2D eigenvalue weighted by Gasteiger charge is 2.12. The summed E-state index contributed by atoms with van der Waals surface area (Å²) >= 11 is 0. The number of amides is 1. The number of fused-ring (bicyclic) bond motifs is 1. The number of aromatic nitrogens is 3. The molecule has 1 amide bonds. The molecule has 3 rings (SSSR count). The minimum Gasteiger partial charge on any atom is -0.369 e. The number of primary amides is 1. The molecule has 0 atom stereocenters. The standard InChI is InChI=1S/C19H24N6O/c1-3-25(4-2)11-10-21-16-9-8-13(12-22-16)19-23-15-7-5-6-14(18(20)26)17(15)24-19/h5-9,12H,3-4,10-11H2,1-2H3,(H2,20,26)(H,21,22)(H,23,24). The molecule has 2 aromatic heterocycles. The molecule has 0 fully saturated rings. The molecule has 7 heteroatoms. The molecule has 136 valence electrons. The van der Waals surface area contributed by atoms with Crippen LogP contribution in [0.15, 0.2) is 36.5 Å². The van der Waals surface area contributed by atoms with E-state index in [0.29, 0.717) is 16.9 Å². The predicted molar refractivity (Wildman–Crippen MR) is 104 cm³/mol. The molecule has 7 nitrogen and oxygen atoms in total. The lowest BCUT2D eigenvalue weighted by molar-refractivity contribution is 0.100. The van der Waals surface area contributed by atoms with Gasteiger partial charge in [0.25, 0.3) is 5.91 Å². The Morgan fingerprint density at radius 3 is 2.69 bits per heavy atom. The summed E-state index contributed by atoms with van der Waals surface area (Å²) in [5, 5.41) is 3.33. The first kappa shape index (κ1) is 17.9. The zero-order chi connectivity index (χ0) is 18.5. The molecule has 0 radical (unpaired) electrons. The summed E-state index contributed by atoms with van der Waals surface area (Å²) in [4.78, 5) is 26.1. The minimum atomic E-state index is -0.487. The summed E-state index contributed by atoms with van der Waals surface area (Å²) in [7, 11) is 0. The summed E-state index contributed by atoms with van der Waals surface area (Å²) < 4.78 is 0. The van der Waals surface area contributed by atoms with Gasteiger partial charge in [-0.25, -0.2) is 9.97 Å². The maximum atomic E-state index is 11.5. The Morgan fingerprint density at radius 1 is 1.23 bits per heavy atom. The Hall–Kier alpha value is -2.93. The first-order valence-corrected chi connectivity index (χ1v) is 8.83. The molecule has 0 saturated carbocycles. The number of imidazole rings is 1. The molecule has 4 N–H and O–H groups in total. The lowest BCUT2D eigenvalue weighted by atomic mass is 10.2. The molecule has 0 bridgehead atoms. The third-order valence-electron chi connectivity index (χ3n) is 4.44. The zero-order valence-corrected chi connectivity index (χ0v) is 15.1. The van der Waals surface area contributed by atoms with E-state index >= 15 is 0 Å². The van der Waals surface area contributed by atoms with Crippen molar-refractivity contribution in [1.29, 1.82) is 0 Å². The fourth-order valence-electron chi connectivity index (χ4n) is 2.89. The smallest absolute Gasteiger partial charge is 0.250 e. The number of para-hydroxylation sites is 1. The molecule has 0 unspecified atom stereocenters. The highest BCUT2D eigenvalue weighted by molar-refractivity contribution is 6.04. The van der Waals surface area contributed by atoms with Crippen molar-refractivity contribution in [2.24, 2.45) is 5.73 Å². The first-order chi connectivity index (χ1) is 12.6. The van der Waals surface area contributed by atoms with E-state index < -0.39 is 5.91 Å². The average molecular weight is 352 g/mol. The average Bonchev–Trinajstić information content (AvgIpc) is 3.09. The number of anilines is 1. The second-order valence-electron chi connectivity index (χ2n) is 6.04. The van der Waals surface area contributed by atoms with Gasteiger partial charge in [0.2, 0.25) is 0 Å². The molecule has 2 heterocycles. The topological polar surface area (TPSA) is 99.9 Å². The molecule has 3 aromatic rings. The number of H-pyrrole nitrogens is 1. The number of pyridine rings is 1. The van der Waals surface area contributed by atoms with Crippen LogP contribution in [0.1, 0.15) is 24.2 Å². The summed E-state index contributed by atoms with van der Waals surface area (Å²) in [5.41, 5.74) is 8.04. The number of hydrogen-bond donors (Lipinski definition) is 3. The Kier molecular flexibility index (Phi) is 5.48. The Bertz CT molecular complexity index is 883. The lowest BCUT2D eigenvalue weighted by Gasteiger charge is -2.18. The predicted octanol–water partition coefficient (Wildman–Crippen LogP) is 2.48. The fraction of sp³-hybridized carbons (Fsp3) is 0.316. The second kappa shape index (κ2) is 7.97. The molecular formula is C19H24N6O. The van der Waals surface area contributed by atoms with Crippen LogP contribution in [0.5, 0.6) is 0 Å². The molecule has 0 aliphatic carbocycles. The van der Waals surface area contributed by atoms with Crippen LogP contribution in [0, 0.1) is 0 Å². The molecule has 0 aliphatic rings. The van der Waals surface area contributed by atoms with Crippen molar-refractivity contribution in [3.8, 4) is 11.4 Å². The molecule has 0 aliphatic heterocycles. The van der Waals surface area contributed by atoms with Gasteiger partial charge >= 0.3 is 0 Å². The highest BCUT2D eigenvalue weighted by Crippen LogP contribution is 2.23. The maximum absolute atomic E-state index is 11.5. The van der Waals surface area contributed by atoms with E-state index in [1.807, 2.05) is 18.2 Å². The normalized spacial score (nSPS) is 11.2. The maximum Gasteiger partial charge on any atom is 0.250 e. The van der Waals surface area contributed by atoms with Crippen LogP contribution >= 0.6 is 0 Å². The second-order valence-corrected chi connectivity index (χ2v) is 6.04. The number of nitrogens with two attached hydrogens (primary N) is 1. The summed E-state index contributed by atoms with van der Waals surface area (Å²) in [6, 6.07) is 9.21. The molecule has 0 saturated heterocycles. The summed E-state index contributed by atoms with van der Waals surface area (Å²) in [6.45, 7) is 8.24. The van der Waals surface area contributed by atoms with Crippen LogP contribution in [0.25, 0.3) is 22.4 Å². The van der Waals surface area contributed by atoms with E-state index in [2.05, 4.69) is 39.0 Å². The zero-order valence-electron chi connectivity index (χ0n) is 15.1. The van der Waals surface area contributed by atoms with Gasteiger partial charge < -0.3 is 20.9 Å². The number of nitrogens with zero attached hydrogens (tertiary/aromatic N) is 3. The number of aromatic amines is 1. The van der Waals surface area contributed by atoms with Gasteiger partial charge in [-0.05, 0) is 37.4 Å². The number of likely N-dealkylation sites (N-methyl/N-ethyl adjacent to an activating group) is 1. The van der Waals surface area contributed by atoms with Gasteiger partial charge in [-0.3, -0.25) is 4.79 Å². The van der Waals surface area contributed by atoms with E-state index in [4.69, 9.17) is 5.73 Å². The number of rotatable bonds is 8. The van der Waals surface area contributed by atoms with Crippen molar-refractivity contribution in [2.45, 2.75) is 13.8 Å². The van der Waals surface area contributed by atoms with E-state index in [-0.39, 0.29) is 0 Å². The molecule has 0 spiro atoms. The van der Waals surface area contributed by atoms with Crippen molar-refractivity contribution >= 4 is 22.8 Å². The minimum absolute atomic E-state index is 0.410. The van der Waals surface area contributed by atoms with Gasteiger partial charge in [-0.1, -0.05) is 19.9 Å². The molecule has 26 heavy (non-hydrogen) atoms. The first-order valence-electron chi connectivity index (χ1n) is 8.83. The van der Waals surface area contributed by atoms with E-state index in [1.165, 1.54) is 0 Å². The largest absolute Gasteiger partial charge is 0.369 e. The number of carbonyl (C=O) groups is 1. The number of hydrogen-bond acceptors (Lipinski definition) is 5. The van der Waals surface area contributed by atoms with E-state index in [9.17, 15) is 4.79 Å². The summed E-state index contributed by atoms with van der Waals surface area (Å²) in [6.07, 6.45) is 1.77. The van der Waals surface area contributed by atoms with Gasteiger partial charge in [0, 0.05) is 24.8 Å². The van der Waals surface area contributed by atoms with Crippen molar-refractivity contribution in [3.63, 3.8) is 0 Å². The quantitative estimate of drug-likeness (QED) is 0.578. The van der Waals surface area contributed by atoms with Crippen LogP contribution in [-0.2, 0) is 0 Å². The number of carbonyl (C=O) groups excluding carboxylic acids is 1. The van der Waals surface area contributed by atoms with Crippen molar-refractivity contribution in [3.05, 3.63) is 42.1 Å². The third kappa shape index (κ3) is 3.83. The van der Waals surface area contributed by atoms with Gasteiger partial charge in [-0.15, -0.1) is 0 Å². The Balaban J connectivity index is 1.73. The third-order valence-corrected chi connectivity index (χ3v) is 4.44. The van der Waals surface area contributed by atoms with Crippen molar-refractivity contribution in [1.82, 2.24) is 19.9 Å². The van der Waals surface area contributed by atoms with Crippen LogP contribution in [0.3, 0.4) is 0 Å². The fourth-order valence-corrected chi connectivity index (χ4v) is 2.89. The van der Waals surface area contributed by atoms with Gasteiger partial charge in [-0.2, -0.15) is 0 Å². The van der Waals surface area contributed by atoms with E-state index in [1.54, 1.807) is 18.3 Å². The number of benzene rings is 1. The lowest BCUT2D eigenvalue weighted by Crippen LogP contribution is -2.28. The SMILES string of the molecule is CCN(CC)CCNc1ccc(-c2nc3c(C(N)=O)cccc3[nH]2)cn1. The monoisotopic (exact) mass is 352 g/mol. The summed E-state index contributed by atoms with van der Waals surface area (Å²) in [5.74, 6) is 1.00. The van der Waals surface area contributed by atoms with Crippen molar-refractivity contribution in [2.75, 3.05) is 31.5 Å². The van der Waals surface area contributed by atoms with Crippen LogP contribution in [0.2, 0.25) is 0 Å². The van der Waals surface area contributed by atoms with Gasteiger partial charge in [0.1, 0.15) is 17.2 Å². The van der Waals surface area contributed by atoms with Gasteiger partial charge in [0.05, 0.1) is 11.1 Å². The highest BCUT2D eigenvalue weighted by atomic mass is 16.1. The number of nitrogens with one attached hydrogen (secondary N) is 2. The van der Waals surface area contributed by atoms with E-state index in [0.717, 1.165) is 43.1 Å². The van der Waals surface area contributed by atoms with Crippen LogP contribution < -0.4 is 11.1 Å². The molecule has 1 aromatic carbocycles. The molecular weight excluding hydrogens is 328 g/mol. The van der Waals surface area contributed by atoms with Gasteiger partial charge in [0.15, 0.2) is 0 Å². The van der Waals surface area contributed by atoms with Crippen LogP contribution in [-0.4, -0.2) is 51.9 Å².